The molecule has 2 aromatic rings. The summed E-state index contributed by atoms with van der Waals surface area (Å²) < 4.78 is 27.1. The van der Waals surface area contributed by atoms with Crippen LogP contribution in [-0.2, 0) is 0 Å². The van der Waals surface area contributed by atoms with Gasteiger partial charge in [0.2, 0.25) is 5.92 Å². The number of fused-ring (bicyclic) bond motifs is 1. The lowest BCUT2D eigenvalue weighted by Gasteiger charge is -2.32. The van der Waals surface area contributed by atoms with Gasteiger partial charge in [0.05, 0.1) is 16.1 Å². The van der Waals surface area contributed by atoms with Crippen LogP contribution in [0.2, 0.25) is 5.02 Å². The number of hydrogen-bond acceptors (Lipinski definition) is 3. The number of halogens is 3. The Morgan fingerprint density at radius 2 is 2.07 bits per heavy atom. The summed E-state index contributed by atoms with van der Waals surface area (Å²) in [4.78, 5) is 19.6. The van der Waals surface area contributed by atoms with Crippen LogP contribution >= 0.6 is 11.6 Å². The number of carbonyl (C=O) groups is 1. The molecule has 1 aliphatic carbocycles. The van der Waals surface area contributed by atoms with E-state index in [1.807, 2.05) is 12.1 Å². The SMILES string of the molecule is O=C(NCC1CCCC(F)(F)C1)c1c(Cl)ccc2nc(N3CCC3)ccc12. The molecule has 4 nitrogen and oxygen atoms in total. The number of alkyl halides is 2. The molecule has 1 aromatic heterocycles. The van der Waals surface area contributed by atoms with Crippen molar-refractivity contribution in [2.24, 2.45) is 5.92 Å². The number of anilines is 1. The Bertz CT molecular complexity index is 870. The van der Waals surface area contributed by atoms with Gasteiger partial charge in [0.1, 0.15) is 5.82 Å². The zero-order chi connectivity index (χ0) is 19.0. The average molecular weight is 394 g/mol. The van der Waals surface area contributed by atoms with E-state index in [-0.39, 0.29) is 31.2 Å². The number of benzene rings is 1. The van der Waals surface area contributed by atoms with Gasteiger partial charge in [-0.15, -0.1) is 0 Å². The summed E-state index contributed by atoms with van der Waals surface area (Å²) in [6.45, 7) is 2.22. The Labute approximate surface area is 161 Å². The fraction of sp³-hybridized carbons (Fsp3) is 0.500. The van der Waals surface area contributed by atoms with Gasteiger partial charge in [-0.05, 0) is 49.4 Å². The van der Waals surface area contributed by atoms with Crippen LogP contribution in [0.3, 0.4) is 0 Å². The van der Waals surface area contributed by atoms with E-state index < -0.39 is 5.92 Å². The fourth-order valence-corrected chi connectivity index (χ4v) is 4.15. The Balaban J connectivity index is 1.53. The highest BCUT2D eigenvalue weighted by atomic mass is 35.5. The van der Waals surface area contributed by atoms with Crippen molar-refractivity contribution in [2.75, 3.05) is 24.5 Å². The lowest BCUT2D eigenvalue weighted by Crippen LogP contribution is -2.37. The monoisotopic (exact) mass is 393 g/mol. The highest BCUT2D eigenvalue weighted by Crippen LogP contribution is 2.36. The van der Waals surface area contributed by atoms with Gasteiger partial charge in [-0.3, -0.25) is 4.79 Å². The van der Waals surface area contributed by atoms with Crippen LogP contribution in [0.5, 0.6) is 0 Å². The summed E-state index contributed by atoms with van der Waals surface area (Å²) in [6.07, 6.45) is 2.13. The third-order valence-electron chi connectivity index (χ3n) is 5.51. The molecule has 7 heteroatoms. The molecule has 0 radical (unpaired) electrons. The minimum Gasteiger partial charge on any atom is -0.356 e. The maximum atomic E-state index is 13.6. The van der Waals surface area contributed by atoms with E-state index in [4.69, 9.17) is 11.6 Å². The Hall–Kier alpha value is -1.95. The lowest BCUT2D eigenvalue weighted by atomic mass is 9.86. The van der Waals surface area contributed by atoms with Gasteiger partial charge >= 0.3 is 0 Å². The molecule has 1 saturated heterocycles. The minimum absolute atomic E-state index is 0.0579. The molecule has 2 heterocycles. The molecule has 0 spiro atoms. The van der Waals surface area contributed by atoms with Crippen molar-refractivity contribution in [3.63, 3.8) is 0 Å². The van der Waals surface area contributed by atoms with Gasteiger partial charge in [-0.2, -0.15) is 0 Å². The first kappa shape index (κ1) is 18.4. The smallest absolute Gasteiger partial charge is 0.253 e. The second-order valence-electron chi connectivity index (χ2n) is 7.53. The topological polar surface area (TPSA) is 45.2 Å². The molecule has 1 N–H and O–H groups in total. The summed E-state index contributed by atoms with van der Waals surface area (Å²) in [5.41, 5.74) is 1.07. The molecular weight excluding hydrogens is 372 g/mol. The number of nitrogens with one attached hydrogen (secondary N) is 1. The lowest BCUT2D eigenvalue weighted by molar-refractivity contribution is -0.0518. The molecule has 2 aliphatic rings. The maximum Gasteiger partial charge on any atom is 0.253 e. The van der Waals surface area contributed by atoms with Gasteiger partial charge in [0, 0.05) is 37.9 Å². The minimum atomic E-state index is -2.62. The van der Waals surface area contributed by atoms with Crippen LogP contribution in [0.4, 0.5) is 14.6 Å². The van der Waals surface area contributed by atoms with E-state index in [0.29, 0.717) is 34.3 Å². The molecule has 0 bridgehead atoms. The van der Waals surface area contributed by atoms with Gasteiger partial charge in [0.25, 0.3) is 5.91 Å². The van der Waals surface area contributed by atoms with Crippen LogP contribution in [-0.4, -0.2) is 36.4 Å². The Morgan fingerprint density at radius 1 is 1.26 bits per heavy atom. The first-order valence-corrected chi connectivity index (χ1v) is 9.81. The number of rotatable bonds is 4. The molecule has 1 atom stereocenters. The normalized spacial score (nSPS) is 21.7. The first-order valence-electron chi connectivity index (χ1n) is 9.43. The fourth-order valence-electron chi connectivity index (χ4n) is 3.89. The molecule has 1 aliphatic heterocycles. The first-order chi connectivity index (χ1) is 12.9. The molecule has 4 rings (SSSR count). The number of pyridine rings is 1. The van der Waals surface area contributed by atoms with Crippen molar-refractivity contribution in [1.82, 2.24) is 10.3 Å². The predicted molar refractivity (Wildman–Crippen MR) is 103 cm³/mol. The zero-order valence-electron chi connectivity index (χ0n) is 15.0. The highest BCUT2D eigenvalue weighted by molar-refractivity contribution is 6.35. The second-order valence-corrected chi connectivity index (χ2v) is 7.93. The van der Waals surface area contributed by atoms with Crippen LogP contribution in [0.15, 0.2) is 24.3 Å². The molecule has 2 fully saturated rings. The van der Waals surface area contributed by atoms with Crippen LogP contribution in [0.1, 0.15) is 42.5 Å². The van der Waals surface area contributed by atoms with E-state index in [1.54, 1.807) is 12.1 Å². The van der Waals surface area contributed by atoms with Crippen molar-refractivity contribution in [3.8, 4) is 0 Å². The van der Waals surface area contributed by atoms with Gasteiger partial charge in [0.15, 0.2) is 0 Å². The van der Waals surface area contributed by atoms with E-state index in [1.165, 1.54) is 0 Å². The molecule has 1 aromatic carbocycles. The van der Waals surface area contributed by atoms with Crippen molar-refractivity contribution in [1.29, 1.82) is 0 Å². The summed E-state index contributed by atoms with van der Waals surface area (Å²) in [6, 6.07) is 7.24. The predicted octanol–water partition coefficient (Wildman–Crippen LogP) is 4.65. The van der Waals surface area contributed by atoms with E-state index in [2.05, 4.69) is 15.2 Å². The summed E-state index contributed by atoms with van der Waals surface area (Å²) in [7, 11) is 0. The second kappa shape index (κ2) is 7.23. The number of carbonyl (C=O) groups excluding carboxylic acids is 1. The largest absolute Gasteiger partial charge is 0.356 e. The zero-order valence-corrected chi connectivity index (χ0v) is 15.7. The summed E-state index contributed by atoms with van der Waals surface area (Å²) >= 11 is 6.29. The molecule has 1 unspecified atom stereocenters. The molecule has 27 heavy (non-hydrogen) atoms. The Morgan fingerprint density at radius 3 is 2.78 bits per heavy atom. The highest BCUT2D eigenvalue weighted by Gasteiger charge is 2.36. The van der Waals surface area contributed by atoms with Crippen molar-refractivity contribution >= 4 is 34.2 Å². The molecule has 144 valence electrons. The number of amides is 1. The van der Waals surface area contributed by atoms with Crippen LogP contribution in [0.25, 0.3) is 10.9 Å². The quantitative estimate of drug-likeness (QED) is 0.822. The molecule has 1 saturated carbocycles. The van der Waals surface area contributed by atoms with Crippen LogP contribution in [0, 0.1) is 5.92 Å². The standard InChI is InChI=1S/C20H22ClF2N3O/c21-15-5-6-16-14(4-7-17(25-16)26-9-2-10-26)18(15)19(27)24-12-13-3-1-8-20(22,23)11-13/h4-7,13H,1-3,8-12H2,(H,24,27). The van der Waals surface area contributed by atoms with Gasteiger partial charge in [-0.1, -0.05) is 11.6 Å². The third kappa shape index (κ3) is 3.86. The molecule has 1 amide bonds. The maximum absolute atomic E-state index is 13.6. The molecular formula is C20H22ClF2N3O. The van der Waals surface area contributed by atoms with Gasteiger partial charge in [-0.25, -0.2) is 13.8 Å². The number of hydrogen-bond donors (Lipinski definition) is 1. The van der Waals surface area contributed by atoms with Crippen LogP contribution < -0.4 is 10.2 Å². The van der Waals surface area contributed by atoms with Crippen molar-refractivity contribution < 1.29 is 13.6 Å². The Kier molecular flexibility index (Phi) is 4.93. The van der Waals surface area contributed by atoms with E-state index in [9.17, 15) is 13.6 Å². The van der Waals surface area contributed by atoms with Gasteiger partial charge < -0.3 is 10.2 Å². The summed E-state index contributed by atoms with van der Waals surface area (Å²) in [5, 5.41) is 3.82. The average Bonchev–Trinajstić information content (AvgIpc) is 2.57. The number of nitrogens with zero attached hydrogens (tertiary/aromatic N) is 2. The van der Waals surface area contributed by atoms with Crippen molar-refractivity contribution in [2.45, 2.75) is 38.0 Å². The van der Waals surface area contributed by atoms with Crippen molar-refractivity contribution in [3.05, 3.63) is 34.9 Å². The number of aromatic nitrogens is 1. The van der Waals surface area contributed by atoms with E-state index >= 15 is 0 Å². The summed E-state index contributed by atoms with van der Waals surface area (Å²) in [5.74, 6) is -2.27. The van der Waals surface area contributed by atoms with E-state index in [0.717, 1.165) is 25.3 Å². The third-order valence-corrected chi connectivity index (χ3v) is 5.82.